The highest BCUT2D eigenvalue weighted by Gasteiger charge is 2.34. The van der Waals surface area contributed by atoms with E-state index < -0.39 is 23.8 Å². The number of aryl methyl sites for hydroxylation is 1. The third-order valence-electron chi connectivity index (χ3n) is 4.76. The van der Waals surface area contributed by atoms with Gasteiger partial charge in [-0.25, -0.2) is 14.8 Å². The first kappa shape index (κ1) is 30.7. The minimum absolute atomic E-state index is 0. The molecule has 0 saturated heterocycles. The van der Waals surface area contributed by atoms with Crippen LogP contribution >= 0.6 is 24.8 Å². The zero-order valence-corrected chi connectivity index (χ0v) is 21.0. The highest BCUT2D eigenvalue weighted by atomic mass is 35.5. The van der Waals surface area contributed by atoms with Crippen LogP contribution in [-0.2, 0) is 6.18 Å². The van der Waals surface area contributed by atoms with Gasteiger partial charge >= 0.3 is 12.2 Å². The van der Waals surface area contributed by atoms with E-state index in [4.69, 9.17) is 10.5 Å². The molecule has 36 heavy (non-hydrogen) atoms. The number of H-pyrrole nitrogens is 1. The fourth-order valence-corrected chi connectivity index (χ4v) is 3.14. The molecule has 2 amide bonds. The molecular weight excluding hydrogens is 524 g/mol. The van der Waals surface area contributed by atoms with Crippen molar-refractivity contribution in [2.24, 2.45) is 5.73 Å². The van der Waals surface area contributed by atoms with E-state index in [1.54, 1.807) is 13.8 Å². The number of hydrogen-bond acceptors (Lipinski definition) is 6. The molecule has 1 unspecified atom stereocenters. The van der Waals surface area contributed by atoms with Crippen LogP contribution in [0.25, 0.3) is 11.4 Å². The Bertz CT molecular complexity index is 1270. The quantitative estimate of drug-likeness (QED) is 0.339. The number of alkyl halides is 3. The number of aromatic amines is 1. The molecule has 0 spiro atoms. The van der Waals surface area contributed by atoms with Gasteiger partial charge in [0.25, 0.3) is 5.56 Å². The largest absolute Gasteiger partial charge is 0.488 e. The monoisotopic (exact) mass is 548 g/mol. The summed E-state index contributed by atoms with van der Waals surface area (Å²) in [6.45, 7) is 5.12. The minimum Gasteiger partial charge on any atom is -0.488 e. The summed E-state index contributed by atoms with van der Waals surface area (Å²) in [6.07, 6.45) is -1.84. The Morgan fingerprint density at radius 2 is 1.92 bits per heavy atom. The Labute approximate surface area is 216 Å². The molecule has 3 rings (SSSR count). The Balaban J connectivity index is 0.00000324. The predicted octanol–water partition coefficient (Wildman–Crippen LogP) is 5.07. The van der Waals surface area contributed by atoms with Crippen molar-refractivity contribution >= 4 is 42.2 Å². The topological polar surface area (TPSA) is 135 Å². The van der Waals surface area contributed by atoms with Crippen molar-refractivity contribution in [3.05, 3.63) is 63.8 Å². The summed E-state index contributed by atoms with van der Waals surface area (Å²) in [5.41, 5.74) is 5.33. The second-order valence-corrected chi connectivity index (χ2v) is 7.38. The molecule has 2 heterocycles. The van der Waals surface area contributed by atoms with Crippen molar-refractivity contribution in [2.75, 3.05) is 17.2 Å². The molecule has 0 aliphatic rings. The molecule has 14 heteroatoms. The first-order valence-corrected chi connectivity index (χ1v) is 10.2. The summed E-state index contributed by atoms with van der Waals surface area (Å²) in [5.74, 6) is 0.401. The number of carbonyl (C=O) groups is 1. The van der Waals surface area contributed by atoms with Gasteiger partial charge in [0.15, 0.2) is 11.6 Å². The Morgan fingerprint density at radius 1 is 1.22 bits per heavy atom. The first-order chi connectivity index (χ1) is 16.0. The average Bonchev–Trinajstić information content (AvgIpc) is 2.76. The van der Waals surface area contributed by atoms with E-state index >= 15 is 0 Å². The predicted molar refractivity (Wildman–Crippen MR) is 135 cm³/mol. The molecule has 2 aromatic heterocycles. The zero-order chi connectivity index (χ0) is 25.0. The van der Waals surface area contributed by atoms with Crippen LogP contribution in [0.1, 0.15) is 36.7 Å². The number of nitrogens with two attached hydrogens (primary N) is 1. The van der Waals surface area contributed by atoms with Crippen LogP contribution in [0.5, 0.6) is 5.75 Å². The first-order valence-electron chi connectivity index (χ1n) is 10.2. The van der Waals surface area contributed by atoms with Crippen molar-refractivity contribution < 1.29 is 22.7 Å². The van der Waals surface area contributed by atoms with Gasteiger partial charge in [-0.2, -0.15) is 13.2 Å². The van der Waals surface area contributed by atoms with Crippen molar-refractivity contribution in [1.29, 1.82) is 0 Å². The molecule has 0 aliphatic carbocycles. The van der Waals surface area contributed by atoms with E-state index in [-0.39, 0.29) is 58.9 Å². The average molecular weight is 549 g/mol. The normalized spacial score (nSPS) is 11.5. The van der Waals surface area contributed by atoms with Crippen molar-refractivity contribution in [1.82, 2.24) is 15.0 Å². The number of nitrogens with zero attached hydrogens (tertiary/aromatic N) is 2. The van der Waals surface area contributed by atoms with E-state index in [2.05, 4.69) is 25.6 Å². The molecule has 0 saturated carbocycles. The second kappa shape index (κ2) is 12.6. The summed E-state index contributed by atoms with van der Waals surface area (Å²) in [5, 5.41) is 4.88. The van der Waals surface area contributed by atoms with Gasteiger partial charge in [0.1, 0.15) is 0 Å². The lowest BCUT2D eigenvalue weighted by Crippen LogP contribution is -2.22. The molecular formula is C22H25Cl2F3N6O3. The van der Waals surface area contributed by atoms with Crippen LogP contribution < -0.4 is 26.7 Å². The zero-order valence-electron chi connectivity index (χ0n) is 19.4. The van der Waals surface area contributed by atoms with Crippen LogP contribution in [0.15, 0.2) is 41.5 Å². The Morgan fingerprint density at radius 3 is 2.50 bits per heavy atom. The molecule has 0 fully saturated rings. The lowest BCUT2D eigenvalue weighted by atomic mass is 10.0. The maximum Gasteiger partial charge on any atom is 0.416 e. The number of carbonyl (C=O) groups excluding carboxylic acids is 1. The number of pyridine rings is 1. The standard InChI is InChI=1S/C22H23F3N6O3.2ClH/c1-4-34-18-7-13(9-28-20(18)32)19-27-10-17(12(3)29-19)31-21(33)30-14-5-6-15(11(2)26)16(8-14)22(23,24)25;;/h5-11H,4,26H2,1-3H3,(H,28,32)(H2,30,31,33);2*1H. The van der Waals surface area contributed by atoms with Gasteiger partial charge in [0.05, 0.1) is 29.7 Å². The lowest BCUT2D eigenvalue weighted by molar-refractivity contribution is -0.138. The molecule has 9 nitrogen and oxygen atoms in total. The summed E-state index contributed by atoms with van der Waals surface area (Å²) in [7, 11) is 0. The van der Waals surface area contributed by atoms with Crippen molar-refractivity contribution in [3.63, 3.8) is 0 Å². The van der Waals surface area contributed by atoms with Crippen LogP contribution in [0.4, 0.5) is 29.3 Å². The Hall–Kier alpha value is -3.35. The fourth-order valence-electron chi connectivity index (χ4n) is 3.14. The number of aromatic nitrogens is 3. The van der Waals surface area contributed by atoms with Gasteiger partial charge < -0.3 is 26.1 Å². The molecule has 0 bridgehead atoms. The third-order valence-corrected chi connectivity index (χ3v) is 4.76. The fraction of sp³-hybridized carbons (Fsp3) is 0.273. The molecule has 3 aromatic rings. The number of anilines is 2. The molecule has 1 atom stereocenters. The van der Waals surface area contributed by atoms with Gasteiger partial charge in [-0.05, 0) is 44.5 Å². The minimum atomic E-state index is -4.62. The van der Waals surface area contributed by atoms with Gasteiger partial charge in [0, 0.05) is 23.5 Å². The van der Waals surface area contributed by atoms with E-state index in [0.717, 1.165) is 6.07 Å². The van der Waals surface area contributed by atoms with Crippen LogP contribution in [-0.4, -0.2) is 27.6 Å². The van der Waals surface area contributed by atoms with Crippen molar-refractivity contribution in [2.45, 2.75) is 33.0 Å². The SMILES string of the molecule is CCOc1cc(-c2ncc(NC(=O)Nc3ccc(C(C)N)c(C(F)(F)F)c3)c(C)n2)c[nH]c1=O.Cl.Cl. The van der Waals surface area contributed by atoms with Gasteiger partial charge in [-0.15, -0.1) is 24.8 Å². The van der Waals surface area contributed by atoms with E-state index in [1.807, 2.05) is 0 Å². The number of ether oxygens (including phenoxy) is 1. The summed E-state index contributed by atoms with van der Waals surface area (Å²) < 4.78 is 45.4. The summed E-state index contributed by atoms with van der Waals surface area (Å²) >= 11 is 0. The number of halogens is 5. The number of benzene rings is 1. The summed E-state index contributed by atoms with van der Waals surface area (Å²) in [4.78, 5) is 35.2. The van der Waals surface area contributed by atoms with Gasteiger partial charge in [-0.1, -0.05) is 6.07 Å². The van der Waals surface area contributed by atoms with Gasteiger partial charge in [0.2, 0.25) is 0 Å². The smallest absolute Gasteiger partial charge is 0.416 e. The second-order valence-electron chi connectivity index (χ2n) is 7.38. The van der Waals surface area contributed by atoms with Crippen LogP contribution in [0, 0.1) is 6.92 Å². The Kier molecular flexibility index (Phi) is 10.7. The number of amides is 2. The highest BCUT2D eigenvalue weighted by molar-refractivity contribution is 6.00. The lowest BCUT2D eigenvalue weighted by Gasteiger charge is -2.17. The third kappa shape index (κ3) is 7.33. The number of urea groups is 1. The van der Waals surface area contributed by atoms with E-state index in [9.17, 15) is 22.8 Å². The van der Waals surface area contributed by atoms with E-state index in [0.29, 0.717) is 17.9 Å². The number of hydrogen-bond donors (Lipinski definition) is 4. The van der Waals surface area contributed by atoms with Gasteiger partial charge in [-0.3, -0.25) is 4.79 Å². The van der Waals surface area contributed by atoms with Crippen LogP contribution in [0.3, 0.4) is 0 Å². The van der Waals surface area contributed by atoms with Crippen molar-refractivity contribution in [3.8, 4) is 17.1 Å². The molecule has 5 N–H and O–H groups in total. The maximum atomic E-state index is 13.4. The highest BCUT2D eigenvalue weighted by Crippen LogP contribution is 2.35. The van der Waals surface area contributed by atoms with E-state index in [1.165, 1.54) is 37.5 Å². The maximum absolute atomic E-state index is 13.4. The molecule has 1 aromatic carbocycles. The molecule has 0 radical (unpaired) electrons. The summed E-state index contributed by atoms with van der Waals surface area (Å²) in [6, 6.07) is 3.30. The number of nitrogens with one attached hydrogen (secondary N) is 3. The number of rotatable bonds is 6. The van der Waals surface area contributed by atoms with Crippen LogP contribution in [0.2, 0.25) is 0 Å². The molecule has 0 aliphatic heterocycles. The molecule has 196 valence electrons.